The van der Waals surface area contributed by atoms with Gasteiger partial charge in [-0.2, -0.15) is 13.2 Å². The van der Waals surface area contributed by atoms with Gasteiger partial charge in [0.25, 0.3) is 5.69 Å². The first-order valence-electron chi connectivity index (χ1n) is 6.99. The minimum atomic E-state index is -4.65. The van der Waals surface area contributed by atoms with Crippen LogP contribution >= 0.6 is 0 Å². The van der Waals surface area contributed by atoms with E-state index in [1.165, 1.54) is 49.6 Å². The molecule has 140 valence electrons. The van der Waals surface area contributed by atoms with Crippen molar-refractivity contribution in [1.29, 1.82) is 0 Å². The highest BCUT2D eigenvalue weighted by atomic mass is 19.4. The van der Waals surface area contributed by atoms with E-state index in [1.54, 1.807) is 0 Å². The van der Waals surface area contributed by atoms with E-state index in [2.05, 4.69) is 4.74 Å². The number of ether oxygens (including phenoxy) is 1. The lowest BCUT2D eigenvalue weighted by Gasteiger charge is -2.14. The molecule has 0 aliphatic heterocycles. The van der Waals surface area contributed by atoms with Gasteiger partial charge in [0.05, 0.1) is 17.6 Å². The van der Waals surface area contributed by atoms with E-state index in [9.17, 15) is 28.1 Å². The first kappa shape index (κ1) is 20.9. The summed E-state index contributed by atoms with van der Waals surface area (Å²) in [7, 11) is 1.22. The van der Waals surface area contributed by atoms with Crippen molar-refractivity contribution in [3.8, 4) is 0 Å². The summed E-state index contributed by atoms with van der Waals surface area (Å²) in [5, 5.41) is 19.1. The number of alkyl halides is 3. The lowest BCUT2D eigenvalue weighted by molar-refractivity contribution is -0.384. The van der Waals surface area contributed by atoms with Crippen LogP contribution in [0.3, 0.4) is 0 Å². The van der Waals surface area contributed by atoms with E-state index in [0.717, 1.165) is 6.07 Å². The number of aliphatic hydroxyl groups is 1. The second kappa shape index (κ2) is 8.81. The van der Waals surface area contributed by atoms with E-state index in [0.29, 0.717) is 0 Å². The van der Waals surface area contributed by atoms with Gasteiger partial charge in [0, 0.05) is 17.8 Å². The fourth-order valence-corrected chi connectivity index (χ4v) is 1.78. The van der Waals surface area contributed by atoms with Crippen molar-refractivity contribution in [1.82, 2.24) is 0 Å². The summed E-state index contributed by atoms with van der Waals surface area (Å²) in [6.07, 6.45) is -7.11. The minimum absolute atomic E-state index is 0.122. The quantitative estimate of drug-likeness (QED) is 0.370. The van der Waals surface area contributed by atoms with Crippen molar-refractivity contribution < 1.29 is 32.7 Å². The van der Waals surface area contributed by atoms with Crippen molar-refractivity contribution >= 4 is 17.3 Å². The molecule has 0 aromatic heterocycles. The van der Waals surface area contributed by atoms with Crippen LogP contribution in [0.25, 0.3) is 0 Å². The number of nitro groups is 1. The molecule has 2 aromatic rings. The van der Waals surface area contributed by atoms with Crippen LogP contribution in [0.15, 0.2) is 48.5 Å². The molecular weight excluding hydrogens is 357 g/mol. The predicted molar refractivity (Wildman–Crippen MR) is 86.3 cm³/mol. The Morgan fingerprint density at radius 2 is 1.85 bits per heavy atom. The van der Waals surface area contributed by atoms with Crippen LogP contribution < -0.4 is 5.73 Å². The first-order chi connectivity index (χ1) is 12.1. The Labute approximate surface area is 146 Å². The second-order valence-corrected chi connectivity index (χ2v) is 4.91. The SMILES string of the molecule is COC(=O)c1cccc([N+](=O)[O-])c1.Nc1cccc(C(O)C(F)(F)F)c1. The molecule has 10 heteroatoms. The van der Waals surface area contributed by atoms with Crippen LogP contribution in [-0.2, 0) is 4.74 Å². The van der Waals surface area contributed by atoms with Crippen LogP contribution in [0.5, 0.6) is 0 Å². The highest BCUT2D eigenvalue weighted by molar-refractivity contribution is 5.89. The average molecular weight is 372 g/mol. The number of nitrogens with zero attached hydrogens (tertiary/aromatic N) is 1. The van der Waals surface area contributed by atoms with Crippen molar-refractivity contribution in [3.05, 3.63) is 69.8 Å². The molecule has 0 amide bonds. The van der Waals surface area contributed by atoms with E-state index >= 15 is 0 Å². The van der Waals surface area contributed by atoms with E-state index in [-0.39, 0.29) is 22.5 Å². The summed E-state index contributed by atoms with van der Waals surface area (Å²) in [5.41, 5.74) is 5.27. The number of hydrogen-bond donors (Lipinski definition) is 2. The summed E-state index contributed by atoms with van der Waals surface area (Å²) in [5.74, 6) is -0.580. The van der Waals surface area contributed by atoms with Gasteiger partial charge in [0.15, 0.2) is 6.10 Å². The Hall–Kier alpha value is -3.14. The Kier molecular flexibility index (Phi) is 7.08. The van der Waals surface area contributed by atoms with Crippen molar-refractivity contribution in [2.45, 2.75) is 12.3 Å². The molecular formula is C16H15F3N2O5. The number of nitrogen functional groups attached to an aromatic ring is 1. The van der Waals surface area contributed by atoms with Crippen molar-refractivity contribution in [3.63, 3.8) is 0 Å². The molecule has 0 bridgehead atoms. The third kappa shape index (κ3) is 6.06. The number of hydrogen-bond acceptors (Lipinski definition) is 6. The molecule has 0 saturated carbocycles. The van der Waals surface area contributed by atoms with Crippen LogP contribution in [0.2, 0.25) is 0 Å². The molecule has 1 atom stereocenters. The highest BCUT2D eigenvalue weighted by Crippen LogP contribution is 2.32. The third-order valence-electron chi connectivity index (χ3n) is 3.01. The predicted octanol–water partition coefficient (Wildman–Crippen LogP) is 3.25. The molecule has 2 aromatic carbocycles. The van der Waals surface area contributed by atoms with Gasteiger partial charge in [-0.05, 0) is 23.8 Å². The number of esters is 1. The standard InChI is InChI=1S/C8H8F3NO.C8H7NO4/c9-8(10,11)7(13)5-2-1-3-6(12)4-5;1-13-8(10)6-3-2-4-7(5-6)9(11)12/h1-4,7,13H,12H2;2-5H,1H3. The summed E-state index contributed by atoms with van der Waals surface area (Å²) in [6.45, 7) is 0. The smallest absolute Gasteiger partial charge is 0.418 e. The highest BCUT2D eigenvalue weighted by Gasteiger charge is 2.39. The number of benzene rings is 2. The molecule has 1 unspecified atom stereocenters. The van der Waals surface area contributed by atoms with Crippen LogP contribution in [0.1, 0.15) is 22.0 Å². The molecule has 0 fully saturated rings. The topological polar surface area (TPSA) is 116 Å². The molecule has 26 heavy (non-hydrogen) atoms. The Morgan fingerprint density at radius 1 is 1.23 bits per heavy atom. The van der Waals surface area contributed by atoms with Gasteiger partial charge in [0.2, 0.25) is 0 Å². The number of carbonyl (C=O) groups excluding carboxylic acids is 1. The van der Waals surface area contributed by atoms with Crippen molar-refractivity contribution in [2.24, 2.45) is 0 Å². The zero-order chi connectivity index (χ0) is 19.9. The molecule has 2 rings (SSSR count). The number of aliphatic hydroxyl groups excluding tert-OH is 1. The largest absolute Gasteiger partial charge is 0.465 e. The van der Waals surface area contributed by atoms with Gasteiger partial charge in [-0.15, -0.1) is 0 Å². The van der Waals surface area contributed by atoms with E-state index in [1.807, 2.05) is 0 Å². The summed E-state index contributed by atoms with van der Waals surface area (Å²) in [6, 6.07) is 10.5. The number of nitrogens with two attached hydrogens (primary N) is 1. The zero-order valence-corrected chi connectivity index (χ0v) is 13.4. The van der Waals surface area contributed by atoms with Gasteiger partial charge in [0.1, 0.15) is 0 Å². The lowest BCUT2D eigenvalue weighted by Crippen LogP contribution is -2.20. The number of rotatable bonds is 3. The molecule has 7 nitrogen and oxygen atoms in total. The Bertz CT molecular complexity index is 780. The maximum Gasteiger partial charge on any atom is 0.418 e. The number of anilines is 1. The summed E-state index contributed by atoms with van der Waals surface area (Å²) in [4.78, 5) is 20.7. The van der Waals surface area contributed by atoms with Crippen LogP contribution in [-0.4, -0.2) is 29.3 Å². The normalized spacial score (nSPS) is 11.7. The molecule has 0 spiro atoms. The Morgan fingerprint density at radius 3 is 2.35 bits per heavy atom. The summed E-state index contributed by atoms with van der Waals surface area (Å²) >= 11 is 0. The molecule has 0 saturated heterocycles. The number of carbonyl (C=O) groups is 1. The lowest BCUT2D eigenvalue weighted by atomic mass is 10.1. The van der Waals surface area contributed by atoms with Gasteiger partial charge >= 0.3 is 12.1 Å². The molecule has 0 radical (unpaired) electrons. The monoisotopic (exact) mass is 372 g/mol. The molecule has 0 aliphatic carbocycles. The van der Waals surface area contributed by atoms with Crippen molar-refractivity contribution in [2.75, 3.05) is 12.8 Å². The van der Waals surface area contributed by atoms with Crippen LogP contribution in [0, 0.1) is 10.1 Å². The second-order valence-electron chi connectivity index (χ2n) is 4.91. The Balaban J connectivity index is 0.000000260. The van der Waals surface area contributed by atoms with Gasteiger partial charge in [-0.25, -0.2) is 4.79 Å². The van der Waals surface area contributed by atoms with Gasteiger partial charge in [-0.3, -0.25) is 10.1 Å². The number of halogens is 3. The number of methoxy groups -OCH3 is 1. The maximum absolute atomic E-state index is 12.0. The molecule has 3 N–H and O–H groups in total. The molecule has 0 aliphatic rings. The first-order valence-corrected chi connectivity index (χ1v) is 6.99. The number of nitro benzene ring substituents is 1. The minimum Gasteiger partial charge on any atom is -0.465 e. The fourth-order valence-electron chi connectivity index (χ4n) is 1.78. The fraction of sp³-hybridized carbons (Fsp3) is 0.188. The number of non-ortho nitro benzene ring substituents is 1. The maximum atomic E-state index is 12.0. The zero-order valence-electron chi connectivity index (χ0n) is 13.4. The van der Waals surface area contributed by atoms with Gasteiger partial charge < -0.3 is 15.6 Å². The van der Waals surface area contributed by atoms with E-state index < -0.39 is 23.2 Å². The van der Waals surface area contributed by atoms with E-state index in [4.69, 9.17) is 10.8 Å². The third-order valence-corrected chi connectivity index (χ3v) is 3.01. The summed E-state index contributed by atoms with van der Waals surface area (Å²) < 4.78 is 40.3. The van der Waals surface area contributed by atoms with Gasteiger partial charge in [-0.1, -0.05) is 18.2 Å². The molecule has 0 heterocycles. The van der Waals surface area contributed by atoms with Crippen LogP contribution in [0.4, 0.5) is 24.5 Å². The average Bonchev–Trinajstić information content (AvgIpc) is 2.60.